The Morgan fingerprint density at radius 3 is 3.00 bits per heavy atom. The number of anilines is 1. The summed E-state index contributed by atoms with van der Waals surface area (Å²) in [5.41, 5.74) is 6.71. The molecule has 11 heavy (non-hydrogen) atoms. The van der Waals surface area contributed by atoms with Gasteiger partial charge in [-0.05, 0) is 19.1 Å². The number of pyridine rings is 1. The highest BCUT2D eigenvalue weighted by atomic mass is 16.4. The van der Waals surface area contributed by atoms with Crippen molar-refractivity contribution in [2.24, 2.45) is 5.16 Å². The van der Waals surface area contributed by atoms with Crippen molar-refractivity contribution in [2.75, 3.05) is 5.73 Å². The predicted molar refractivity (Wildman–Crippen MR) is 42.6 cm³/mol. The van der Waals surface area contributed by atoms with E-state index in [0.29, 0.717) is 11.5 Å². The van der Waals surface area contributed by atoms with Crippen LogP contribution in [0.4, 0.5) is 5.82 Å². The van der Waals surface area contributed by atoms with Gasteiger partial charge < -0.3 is 10.9 Å². The summed E-state index contributed by atoms with van der Waals surface area (Å²) in [6, 6.07) is 3.38. The molecule has 0 saturated carbocycles. The van der Waals surface area contributed by atoms with Crippen molar-refractivity contribution in [1.29, 1.82) is 0 Å². The number of hydrogen-bond donors (Lipinski definition) is 2. The van der Waals surface area contributed by atoms with E-state index < -0.39 is 0 Å². The Bertz CT molecular complexity index is 283. The molecule has 1 aromatic rings. The summed E-state index contributed by atoms with van der Waals surface area (Å²) in [5.74, 6) is 0.422. The lowest BCUT2D eigenvalue weighted by atomic mass is 10.2. The Morgan fingerprint density at radius 1 is 1.73 bits per heavy atom. The third-order valence-corrected chi connectivity index (χ3v) is 1.35. The third-order valence-electron chi connectivity index (χ3n) is 1.35. The monoisotopic (exact) mass is 151 g/mol. The highest BCUT2D eigenvalue weighted by molar-refractivity contribution is 5.98. The summed E-state index contributed by atoms with van der Waals surface area (Å²) in [5, 5.41) is 11.4. The first kappa shape index (κ1) is 7.53. The minimum Gasteiger partial charge on any atom is -0.411 e. The SMILES string of the molecule is CC(=NO)c1ccnc(N)c1. The van der Waals surface area contributed by atoms with Crippen molar-refractivity contribution >= 4 is 11.5 Å². The van der Waals surface area contributed by atoms with Crippen molar-refractivity contribution < 1.29 is 5.21 Å². The maximum atomic E-state index is 8.41. The van der Waals surface area contributed by atoms with Gasteiger partial charge in [0.15, 0.2) is 0 Å². The summed E-state index contributed by atoms with van der Waals surface area (Å²) in [4.78, 5) is 3.80. The molecule has 0 amide bonds. The van der Waals surface area contributed by atoms with Crippen LogP contribution in [0, 0.1) is 0 Å². The lowest BCUT2D eigenvalue weighted by molar-refractivity contribution is 0.319. The Hall–Kier alpha value is -1.58. The Balaban J connectivity index is 3.06. The first-order valence-electron chi connectivity index (χ1n) is 3.14. The molecule has 0 aliphatic heterocycles. The highest BCUT2D eigenvalue weighted by Gasteiger charge is 1.96. The van der Waals surface area contributed by atoms with E-state index >= 15 is 0 Å². The molecule has 0 atom stereocenters. The van der Waals surface area contributed by atoms with E-state index in [2.05, 4.69) is 10.1 Å². The van der Waals surface area contributed by atoms with Crippen LogP contribution in [0.25, 0.3) is 0 Å². The van der Waals surface area contributed by atoms with E-state index in [1.165, 1.54) is 0 Å². The van der Waals surface area contributed by atoms with Crippen LogP contribution in [0.2, 0.25) is 0 Å². The van der Waals surface area contributed by atoms with E-state index in [4.69, 9.17) is 10.9 Å². The fourth-order valence-corrected chi connectivity index (χ4v) is 0.731. The van der Waals surface area contributed by atoms with Crippen LogP contribution in [0.3, 0.4) is 0 Å². The molecule has 4 nitrogen and oxygen atoms in total. The summed E-state index contributed by atoms with van der Waals surface area (Å²) < 4.78 is 0. The Labute approximate surface area is 64.4 Å². The number of aromatic nitrogens is 1. The fourth-order valence-electron chi connectivity index (χ4n) is 0.731. The second kappa shape index (κ2) is 3.01. The van der Waals surface area contributed by atoms with E-state index in [1.807, 2.05) is 0 Å². The van der Waals surface area contributed by atoms with Gasteiger partial charge in [-0.25, -0.2) is 4.98 Å². The molecule has 3 N–H and O–H groups in total. The largest absolute Gasteiger partial charge is 0.411 e. The normalized spacial score (nSPS) is 11.5. The molecular weight excluding hydrogens is 142 g/mol. The van der Waals surface area contributed by atoms with Gasteiger partial charge in [-0.2, -0.15) is 0 Å². The first-order chi connectivity index (χ1) is 5.24. The average molecular weight is 151 g/mol. The topological polar surface area (TPSA) is 71.5 Å². The van der Waals surface area contributed by atoms with E-state index in [0.717, 1.165) is 5.56 Å². The summed E-state index contributed by atoms with van der Waals surface area (Å²) in [7, 11) is 0. The van der Waals surface area contributed by atoms with Gasteiger partial charge in [0.25, 0.3) is 0 Å². The number of hydrogen-bond acceptors (Lipinski definition) is 4. The molecule has 0 radical (unpaired) electrons. The zero-order chi connectivity index (χ0) is 8.27. The first-order valence-corrected chi connectivity index (χ1v) is 3.14. The number of nitrogens with zero attached hydrogens (tertiary/aromatic N) is 2. The molecule has 1 rings (SSSR count). The summed E-state index contributed by atoms with van der Waals surface area (Å²) >= 11 is 0. The molecule has 0 bridgehead atoms. The second-order valence-electron chi connectivity index (χ2n) is 2.15. The van der Waals surface area contributed by atoms with Crippen LogP contribution >= 0.6 is 0 Å². The van der Waals surface area contributed by atoms with E-state index in [9.17, 15) is 0 Å². The number of rotatable bonds is 1. The average Bonchev–Trinajstić information content (AvgIpc) is 2.03. The molecular formula is C7H9N3O. The molecule has 0 aliphatic carbocycles. The van der Waals surface area contributed by atoms with Gasteiger partial charge >= 0.3 is 0 Å². The van der Waals surface area contributed by atoms with Gasteiger partial charge in [-0.3, -0.25) is 0 Å². The van der Waals surface area contributed by atoms with Gasteiger partial charge in [0.05, 0.1) is 5.71 Å². The van der Waals surface area contributed by atoms with Crippen LogP contribution in [0.1, 0.15) is 12.5 Å². The van der Waals surface area contributed by atoms with Gasteiger partial charge in [0, 0.05) is 11.8 Å². The number of nitrogen functional groups attached to an aromatic ring is 1. The van der Waals surface area contributed by atoms with Crippen LogP contribution in [0.5, 0.6) is 0 Å². The number of nitrogens with two attached hydrogens (primary N) is 1. The fraction of sp³-hybridized carbons (Fsp3) is 0.143. The number of oxime groups is 1. The molecule has 4 heteroatoms. The standard InChI is InChI=1S/C7H9N3O/c1-5(10-11)6-2-3-9-7(8)4-6/h2-4,11H,1H3,(H2,8,9). The summed E-state index contributed by atoms with van der Waals surface area (Å²) in [6.45, 7) is 1.69. The van der Waals surface area contributed by atoms with Gasteiger partial charge in [0.2, 0.25) is 0 Å². The van der Waals surface area contributed by atoms with Crippen LogP contribution in [-0.2, 0) is 0 Å². The molecule has 0 aliphatic rings. The van der Waals surface area contributed by atoms with Crippen LogP contribution in [-0.4, -0.2) is 15.9 Å². The maximum Gasteiger partial charge on any atom is 0.123 e. The predicted octanol–water partition coefficient (Wildman–Crippen LogP) is 0.862. The Morgan fingerprint density at radius 2 is 2.45 bits per heavy atom. The maximum absolute atomic E-state index is 8.41. The van der Waals surface area contributed by atoms with Crippen molar-refractivity contribution in [3.8, 4) is 0 Å². The van der Waals surface area contributed by atoms with Crippen molar-refractivity contribution in [3.63, 3.8) is 0 Å². The van der Waals surface area contributed by atoms with E-state index in [-0.39, 0.29) is 0 Å². The van der Waals surface area contributed by atoms with Gasteiger partial charge in [0.1, 0.15) is 5.82 Å². The molecule has 1 heterocycles. The molecule has 58 valence electrons. The van der Waals surface area contributed by atoms with Crippen molar-refractivity contribution in [2.45, 2.75) is 6.92 Å². The zero-order valence-corrected chi connectivity index (χ0v) is 6.15. The lowest BCUT2D eigenvalue weighted by Crippen LogP contribution is -1.97. The van der Waals surface area contributed by atoms with Crippen LogP contribution < -0.4 is 5.73 Å². The molecule has 0 aromatic carbocycles. The van der Waals surface area contributed by atoms with E-state index in [1.54, 1.807) is 25.3 Å². The zero-order valence-electron chi connectivity index (χ0n) is 6.15. The second-order valence-corrected chi connectivity index (χ2v) is 2.15. The smallest absolute Gasteiger partial charge is 0.123 e. The quantitative estimate of drug-likeness (QED) is 0.355. The molecule has 0 unspecified atom stereocenters. The van der Waals surface area contributed by atoms with Crippen LogP contribution in [0.15, 0.2) is 23.5 Å². The minimum atomic E-state index is 0.422. The van der Waals surface area contributed by atoms with Gasteiger partial charge in [-0.15, -0.1) is 0 Å². The van der Waals surface area contributed by atoms with Gasteiger partial charge in [-0.1, -0.05) is 5.16 Å². The van der Waals surface area contributed by atoms with Crippen molar-refractivity contribution in [1.82, 2.24) is 4.98 Å². The third kappa shape index (κ3) is 1.67. The highest BCUT2D eigenvalue weighted by Crippen LogP contribution is 2.03. The minimum absolute atomic E-state index is 0.422. The molecule has 0 saturated heterocycles. The lowest BCUT2D eigenvalue weighted by Gasteiger charge is -1.97. The Kier molecular flexibility index (Phi) is 2.06. The molecule has 0 spiro atoms. The summed E-state index contributed by atoms with van der Waals surface area (Å²) in [6.07, 6.45) is 1.57. The molecule has 0 fully saturated rings. The molecule has 1 aromatic heterocycles. The van der Waals surface area contributed by atoms with Crippen molar-refractivity contribution in [3.05, 3.63) is 23.9 Å².